The zero-order chi connectivity index (χ0) is 14.4. The van der Waals surface area contributed by atoms with Crippen LogP contribution in [0.3, 0.4) is 0 Å². The van der Waals surface area contributed by atoms with E-state index in [9.17, 15) is 5.11 Å². The molecule has 1 heterocycles. The Kier molecular flexibility index (Phi) is 4.97. The number of aromatic nitrogens is 2. The smallest absolute Gasteiger partial charge is 0.157 e. The zero-order valence-electron chi connectivity index (χ0n) is 11.4. The SMILES string of the molecule is Cn1cc(OCC(O)COc2cccc(CN)c2)cn1. The van der Waals surface area contributed by atoms with Crippen LogP contribution >= 0.6 is 0 Å². The van der Waals surface area contributed by atoms with Crippen LogP contribution in [0.4, 0.5) is 0 Å². The third-order valence-electron chi connectivity index (χ3n) is 2.70. The van der Waals surface area contributed by atoms with Gasteiger partial charge in [-0.2, -0.15) is 5.10 Å². The van der Waals surface area contributed by atoms with Gasteiger partial charge in [-0.15, -0.1) is 0 Å². The van der Waals surface area contributed by atoms with E-state index in [1.165, 1.54) is 0 Å². The predicted molar refractivity (Wildman–Crippen MR) is 74.5 cm³/mol. The average Bonchev–Trinajstić information content (AvgIpc) is 2.89. The summed E-state index contributed by atoms with van der Waals surface area (Å²) in [5, 5.41) is 13.8. The van der Waals surface area contributed by atoms with Crippen LogP contribution in [0.5, 0.6) is 11.5 Å². The fourth-order valence-electron chi connectivity index (χ4n) is 1.67. The minimum atomic E-state index is -0.711. The van der Waals surface area contributed by atoms with E-state index < -0.39 is 6.10 Å². The number of benzene rings is 1. The van der Waals surface area contributed by atoms with Gasteiger partial charge in [0.25, 0.3) is 0 Å². The summed E-state index contributed by atoms with van der Waals surface area (Å²) in [5.41, 5.74) is 6.55. The highest BCUT2D eigenvalue weighted by molar-refractivity contribution is 5.28. The van der Waals surface area contributed by atoms with E-state index >= 15 is 0 Å². The maximum absolute atomic E-state index is 9.80. The maximum Gasteiger partial charge on any atom is 0.157 e. The standard InChI is InChI=1S/C14H19N3O3/c1-17-8-14(7-16-17)20-10-12(18)9-19-13-4-2-3-11(5-13)6-15/h2-5,7-8,12,18H,6,9-10,15H2,1H3. The second-order valence-corrected chi connectivity index (χ2v) is 4.48. The molecule has 1 aromatic heterocycles. The molecule has 3 N–H and O–H groups in total. The van der Waals surface area contributed by atoms with Crippen molar-refractivity contribution in [1.82, 2.24) is 9.78 Å². The molecule has 0 bridgehead atoms. The molecule has 1 atom stereocenters. The molecule has 1 aromatic carbocycles. The lowest BCUT2D eigenvalue weighted by molar-refractivity contribution is 0.0626. The Morgan fingerprint density at radius 2 is 2.05 bits per heavy atom. The highest BCUT2D eigenvalue weighted by Gasteiger charge is 2.07. The van der Waals surface area contributed by atoms with Gasteiger partial charge in [0.15, 0.2) is 5.75 Å². The first-order valence-electron chi connectivity index (χ1n) is 6.38. The molecule has 0 spiro atoms. The van der Waals surface area contributed by atoms with Crippen molar-refractivity contribution >= 4 is 0 Å². The van der Waals surface area contributed by atoms with Crippen molar-refractivity contribution in [3.8, 4) is 11.5 Å². The van der Waals surface area contributed by atoms with E-state index in [2.05, 4.69) is 5.10 Å². The quantitative estimate of drug-likeness (QED) is 0.778. The van der Waals surface area contributed by atoms with Gasteiger partial charge in [-0.1, -0.05) is 12.1 Å². The Labute approximate surface area is 117 Å². The van der Waals surface area contributed by atoms with Gasteiger partial charge in [-0.25, -0.2) is 0 Å². The summed E-state index contributed by atoms with van der Waals surface area (Å²) >= 11 is 0. The van der Waals surface area contributed by atoms with Crippen LogP contribution in [-0.4, -0.2) is 34.2 Å². The lowest BCUT2D eigenvalue weighted by Crippen LogP contribution is -2.25. The van der Waals surface area contributed by atoms with E-state index in [1.807, 2.05) is 24.3 Å². The van der Waals surface area contributed by atoms with Crippen molar-refractivity contribution in [3.63, 3.8) is 0 Å². The molecule has 0 aliphatic rings. The molecule has 0 saturated carbocycles. The molecule has 2 aromatic rings. The third kappa shape index (κ3) is 4.25. The van der Waals surface area contributed by atoms with Crippen LogP contribution < -0.4 is 15.2 Å². The summed E-state index contributed by atoms with van der Waals surface area (Å²) in [6.45, 7) is 0.778. The summed E-state index contributed by atoms with van der Waals surface area (Å²) in [4.78, 5) is 0. The van der Waals surface area contributed by atoms with Gasteiger partial charge in [0.05, 0.1) is 12.4 Å². The summed E-state index contributed by atoms with van der Waals surface area (Å²) in [6.07, 6.45) is 2.62. The van der Waals surface area contributed by atoms with Crippen LogP contribution in [0.25, 0.3) is 0 Å². The van der Waals surface area contributed by atoms with Gasteiger partial charge in [-0.3, -0.25) is 4.68 Å². The van der Waals surface area contributed by atoms with Crippen molar-refractivity contribution < 1.29 is 14.6 Å². The Morgan fingerprint density at radius 3 is 2.70 bits per heavy atom. The Balaban J connectivity index is 1.75. The fraction of sp³-hybridized carbons (Fsp3) is 0.357. The number of aliphatic hydroxyl groups excluding tert-OH is 1. The number of rotatable bonds is 7. The molecule has 0 saturated heterocycles. The maximum atomic E-state index is 9.80. The van der Waals surface area contributed by atoms with Crippen LogP contribution in [0.2, 0.25) is 0 Å². The lowest BCUT2D eigenvalue weighted by Gasteiger charge is -2.13. The molecule has 6 nitrogen and oxygen atoms in total. The van der Waals surface area contributed by atoms with Gasteiger partial charge in [0.2, 0.25) is 0 Å². The van der Waals surface area contributed by atoms with Crippen molar-refractivity contribution in [2.45, 2.75) is 12.6 Å². The summed E-state index contributed by atoms with van der Waals surface area (Å²) in [6, 6.07) is 7.48. The molecule has 6 heteroatoms. The van der Waals surface area contributed by atoms with Gasteiger partial charge in [0, 0.05) is 13.6 Å². The number of hydrogen-bond acceptors (Lipinski definition) is 5. The Morgan fingerprint density at radius 1 is 1.30 bits per heavy atom. The molecular formula is C14H19N3O3. The van der Waals surface area contributed by atoms with Gasteiger partial charge >= 0.3 is 0 Å². The monoisotopic (exact) mass is 277 g/mol. The highest BCUT2D eigenvalue weighted by Crippen LogP contribution is 2.13. The summed E-state index contributed by atoms with van der Waals surface area (Å²) in [5.74, 6) is 1.31. The van der Waals surface area contributed by atoms with Gasteiger partial charge in [0.1, 0.15) is 25.1 Å². The minimum absolute atomic E-state index is 0.155. The first-order chi connectivity index (χ1) is 9.67. The van der Waals surface area contributed by atoms with Crippen LogP contribution in [0.15, 0.2) is 36.7 Å². The zero-order valence-corrected chi connectivity index (χ0v) is 11.4. The van der Waals surface area contributed by atoms with Gasteiger partial charge < -0.3 is 20.3 Å². The second kappa shape index (κ2) is 6.93. The topological polar surface area (TPSA) is 82.5 Å². The Bertz CT molecular complexity index is 542. The lowest BCUT2D eigenvalue weighted by atomic mass is 10.2. The van der Waals surface area contributed by atoms with Crippen LogP contribution in [0.1, 0.15) is 5.56 Å². The molecule has 0 radical (unpaired) electrons. The van der Waals surface area contributed by atoms with Crippen molar-refractivity contribution in [2.75, 3.05) is 13.2 Å². The second-order valence-electron chi connectivity index (χ2n) is 4.48. The van der Waals surface area contributed by atoms with E-state index in [0.717, 1.165) is 5.56 Å². The normalized spacial score (nSPS) is 12.2. The van der Waals surface area contributed by atoms with Crippen LogP contribution in [-0.2, 0) is 13.6 Å². The van der Waals surface area contributed by atoms with Crippen molar-refractivity contribution in [3.05, 3.63) is 42.2 Å². The van der Waals surface area contributed by atoms with E-state index in [4.69, 9.17) is 15.2 Å². The van der Waals surface area contributed by atoms with E-state index in [1.54, 1.807) is 24.1 Å². The molecule has 2 rings (SSSR count). The predicted octanol–water partition coefficient (Wildman–Crippen LogP) is 0.697. The van der Waals surface area contributed by atoms with Crippen LogP contribution in [0, 0.1) is 0 Å². The number of nitrogens with two attached hydrogens (primary N) is 1. The Hall–Kier alpha value is -2.05. The third-order valence-corrected chi connectivity index (χ3v) is 2.70. The fourth-order valence-corrected chi connectivity index (χ4v) is 1.67. The molecule has 0 aliphatic carbocycles. The van der Waals surface area contributed by atoms with E-state index in [-0.39, 0.29) is 13.2 Å². The number of ether oxygens (including phenoxy) is 2. The number of aryl methyl sites for hydroxylation is 1. The molecule has 0 aliphatic heterocycles. The molecule has 108 valence electrons. The minimum Gasteiger partial charge on any atom is -0.491 e. The molecule has 20 heavy (non-hydrogen) atoms. The van der Waals surface area contributed by atoms with Crippen molar-refractivity contribution in [2.24, 2.45) is 12.8 Å². The molecule has 0 amide bonds. The molecule has 1 unspecified atom stereocenters. The molecular weight excluding hydrogens is 258 g/mol. The summed E-state index contributed by atoms with van der Waals surface area (Å²) in [7, 11) is 1.80. The van der Waals surface area contributed by atoms with Gasteiger partial charge in [-0.05, 0) is 17.7 Å². The number of nitrogens with zero attached hydrogens (tertiary/aromatic N) is 2. The first kappa shape index (κ1) is 14.4. The summed E-state index contributed by atoms with van der Waals surface area (Å²) < 4.78 is 12.5. The molecule has 0 fully saturated rings. The largest absolute Gasteiger partial charge is 0.491 e. The number of hydrogen-bond donors (Lipinski definition) is 2. The number of aliphatic hydroxyl groups is 1. The first-order valence-corrected chi connectivity index (χ1v) is 6.38. The van der Waals surface area contributed by atoms with E-state index in [0.29, 0.717) is 18.0 Å². The highest BCUT2D eigenvalue weighted by atomic mass is 16.5. The van der Waals surface area contributed by atoms with Crippen molar-refractivity contribution in [1.29, 1.82) is 0 Å². The average molecular weight is 277 g/mol.